The van der Waals surface area contributed by atoms with Gasteiger partial charge in [0.05, 0.1) is 10.5 Å². The summed E-state index contributed by atoms with van der Waals surface area (Å²) in [5, 5.41) is 13.4. The smallest absolute Gasteiger partial charge is 0.251 e. The number of rotatable bonds is 7. The van der Waals surface area contributed by atoms with Gasteiger partial charge in [-0.2, -0.15) is 0 Å². The molecule has 0 radical (unpaired) electrons. The Morgan fingerprint density at radius 1 is 1.38 bits per heavy atom. The van der Waals surface area contributed by atoms with Crippen LogP contribution >= 0.6 is 39.1 Å². The van der Waals surface area contributed by atoms with Gasteiger partial charge in [-0.25, -0.2) is 9.98 Å². The summed E-state index contributed by atoms with van der Waals surface area (Å²) in [7, 11) is 0. The highest BCUT2D eigenvalue weighted by molar-refractivity contribution is 9.12. The van der Waals surface area contributed by atoms with Gasteiger partial charge in [0.1, 0.15) is 18.0 Å². The summed E-state index contributed by atoms with van der Waals surface area (Å²) < 4.78 is 0.560. The largest absolute Gasteiger partial charge is 0.404 e. The number of nitrogens with two attached hydrogens (primary N) is 1. The van der Waals surface area contributed by atoms with Gasteiger partial charge in [-0.1, -0.05) is 29.8 Å². The number of carbonyl (C=O) groups excluding carboxylic acids is 1. The standard InChI is InChI=1S/C16H17BrCl2N6O/c1-9(24-16(26)11-3-13(18)5-14(19)4-11)15(23-8-21)25-10(2)22-7-12(17)6-20/h3-9H,2,20H2,1H3,(H,24,26)(H2,21,23,25)/b12-6+,22-7-. The van der Waals surface area contributed by atoms with Gasteiger partial charge >= 0.3 is 0 Å². The van der Waals surface area contributed by atoms with Crippen LogP contribution in [0.5, 0.6) is 0 Å². The molecule has 1 amide bonds. The first kappa shape index (κ1) is 21.9. The summed E-state index contributed by atoms with van der Waals surface area (Å²) in [5.41, 5.74) is 5.62. The Hall–Kier alpha value is -2.16. The van der Waals surface area contributed by atoms with Gasteiger partial charge in [0.2, 0.25) is 0 Å². The minimum atomic E-state index is -0.567. The third-order valence-corrected chi connectivity index (χ3v) is 3.77. The molecule has 1 aromatic rings. The normalized spacial score (nSPS) is 13.4. The van der Waals surface area contributed by atoms with Crippen molar-refractivity contribution in [1.29, 1.82) is 5.41 Å². The SMILES string of the molecule is C=C(/N=C\C(Br)=C/N)N/C(=N\C=N)C(C)NC(=O)c1cc(Cl)cc(Cl)c1. The monoisotopic (exact) mass is 458 g/mol. The average Bonchev–Trinajstić information content (AvgIpc) is 2.58. The molecule has 1 atom stereocenters. The fraction of sp³-hybridized carbons (Fsp3) is 0.125. The third-order valence-electron chi connectivity index (χ3n) is 2.86. The van der Waals surface area contributed by atoms with Crippen LogP contribution in [0, 0.1) is 5.41 Å². The number of carbonyl (C=O) groups is 1. The number of allylic oxidation sites excluding steroid dienone is 1. The summed E-state index contributed by atoms with van der Waals surface area (Å²) in [6.07, 6.45) is 3.60. The first-order valence-corrected chi connectivity index (χ1v) is 8.72. The minimum Gasteiger partial charge on any atom is -0.404 e. The molecule has 0 aliphatic carbocycles. The highest BCUT2D eigenvalue weighted by Crippen LogP contribution is 2.19. The van der Waals surface area contributed by atoms with Crippen LogP contribution in [0.4, 0.5) is 0 Å². The molecule has 0 bridgehead atoms. The number of benzene rings is 1. The predicted molar refractivity (Wildman–Crippen MR) is 112 cm³/mol. The van der Waals surface area contributed by atoms with E-state index in [-0.39, 0.29) is 11.7 Å². The number of amidine groups is 1. The van der Waals surface area contributed by atoms with Crippen LogP contribution in [0.2, 0.25) is 10.0 Å². The molecule has 0 spiro atoms. The van der Waals surface area contributed by atoms with Crippen LogP contribution < -0.4 is 16.4 Å². The lowest BCUT2D eigenvalue weighted by atomic mass is 10.2. The molecule has 0 aliphatic heterocycles. The summed E-state index contributed by atoms with van der Waals surface area (Å²) in [6, 6.07) is 3.96. The van der Waals surface area contributed by atoms with E-state index in [9.17, 15) is 4.79 Å². The number of halogens is 3. The molecule has 0 fully saturated rings. The summed E-state index contributed by atoms with van der Waals surface area (Å²) in [5.74, 6) is 0.122. The van der Waals surface area contributed by atoms with Gasteiger partial charge in [-0.15, -0.1) is 0 Å². The van der Waals surface area contributed by atoms with E-state index in [1.165, 1.54) is 30.6 Å². The fourth-order valence-corrected chi connectivity index (χ4v) is 2.35. The Labute approximate surface area is 169 Å². The van der Waals surface area contributed by atoms with E-state index < -0.39 is 11.9 Å². The average molecular weight is 460 g/mol. The van der Waals surface area contributed by atoms with Crippen molar-refractivity contribution in [3.63, 3.8) is 0 Å². The zero-order chi connectivity index (χ0) is 19.7. The Balaban J connectivity index is 2.85. The van der Waals surface area contributed by atoms with Crippen molar-refractivity contribution in [2.45, 2.75) is 13.0 Å². The number of aliphatic imine (C=N–C) groups is 2. The molecule has 1 unspecified atom stereocenters. The maximum Gasteiger partial charge on any atom is 0.251 e. The first-order chi connectivity index (χ1) is 12.3. The third kappa shape index (κ3) is 7.38. The van der Waals surface area contributed by atoms with Crippen LogP contribution in [0.25, 0.3) is 0 Å². The molecule has 5 N–H and O–H groups in total. The first-order valence-electron chi connectivity index (χ1n) is 7.17. The molecule has 1 aromatic carbocycles. The molecule has 0 aromatic heterocycles. The van der Waals surface area contributed by atoms with Crippen molar-refractivity contribution < 1.29 is 4.79 Å². The Bertz CT molecular complexity index is 771. The second-order valence-corrected chi connectivity index (χ2v) is 6.67. The molecule has 26 heavy (non-hydrogen) atoms. The second-order valence-electron chi connectivity index (χ2n) is 4.88. The fourth-order valence-electron chi connectivity index (χ4n) is 1.72. The lowest BCUT2D eigenvalue weighted by molar-refractivity contribution is 0.0949. The molecule has 138 valence electrons. The van der Waals surface area contributed by atoms with Crippen molar-refractivity contribution in [1.82, 2.24) is 10.6 Å². The maximum absolute atomic E-state index is 12.4. The van der Waals surface area contributed by atoms with Gasteiger partial charge in [0, 0.05) is 28.0 Å². The van der Waals surface area contributed by atoms with Crippen molar-refractivity contribution in [3.05, 3.63) is 56.9 Å². The summed E-state index contributed by atoms with van der Waals surface area (Å²) in [4.78, 5) is 20.3. The molecule has 7 nitrogen and oxygen atoms in total. The van der Waals surface area contributed by atoms with E-state index in [4.69, 9.17) is 34.3 Å². The van der Waals surface area contributed by atoms with Crippen molar-refractivity contribution in [2.75, 3.05) is 0 Å². The summed E-state index contributed by atoms with van der Waals surface area (Å²) in [6.45, 7) is 5.41. The number of nitrogens with zero attached hydrogens (tertiary/aromatic N) is 2. The Morgan fingerprint density at radius 2 is 2.00 bits per heavy atom. The Kier molecular flexibility index (Phi) is 9.04. The summed E-state index contributed by atoms with van der Waals surface area (Å²) >= 11 is 15.0. The van der Waals surface area contributed by atoms with Gasteiger partial charge in [0.25, 0.3) is 5.91 Å². The van der Waals surface area contributed by atoms with Gasteiger partial charge in [0.15, 0.2) is 0 Å². The number of nitrogens with one attached hydrogen (secondary N) is 3. The predicted octanol–water partition coefficient (Wildman–Crippen LogP) is 3.44. The van der Waals surface area contributed by atoms with E-state index in [1.54, 1.807) is 6.92 Å². The van der Waals surface area contributed by atoms with E-state index >= 15 is 0 Å². The molecular weight excluding hydrogens is 443 g/mol. The van der Waals surface area contributed by atoms with Crippen molar-refractivity contribution in [2.24, 2.45) is 15.7 Å². The minimum absolute atomic E-state index is 0.247. The van der Waals surface area contributed by atoms with Gasteiger partial charge < -0.3 is 16.4 Å². The molecule has 0 saturated heterocycles. The van der Waals surface area contributed by atoms with Crippen LogP contribution in [0.15, 0.2) is 51.3 Å². The van der Waals surface area contributed by atoms with Crippen LogP contribution in [0.1, 0.15) is 17.3 Å². The zero-order valence-electron chi connectivity index (χ0n) is 13.8. The lowest BCUT2D eigenvalue weighted by Crippen LogP contribution is -2.44. The molecular formula is C16H17BrCl2N6O. The van der Waals surface area contributed by atoms with E-state index in [0.29, 0.717) is 20.1 Å². The number of hydrogen-bond acceptors (Lipinski definition) is 4. The van der Waals surface area contributed by atoms with Crippen molar-refractivity contribution >= 4 is 63.4 Å². The van der Waals surface area contributed by atoms with Crippen LogP contribution in [-0.4, -0.2) is 30.3 Å². The van der Waals surface area contributed by atoms with E-state index in [2.05, 4.69) is 43.1 Å². The van der Waals surface area contributed by atoms with Crippen LogP contribution in [-0.2, 0) is 0 Å². The van der Waals surface area contributed by atoms with Gasteiger partial charge in [-0.3, -0.25) is 10.2 Å². The van der Waals surface area contributed by atoms with E-state index in [0.717, 1.165) is 6.34 Å². The maximum atomic E-state index is 12.4. The molecule has 0 aliphatic rings. The molecule has 0 saturated carbocycles. The molecule has 1 rings (SSSR count). The quantitative estimate of drug-likeness (QED) is 0.369. The Morgan fingerprint density at radius 3 is 2.54 bits per heavy atom. The van der Waals surface area contributed by atoms with Crippen molar-refractivity contribution in [3.8, 4) is 0 Å². The van der Waals surface area contributed by atoms with Gasteiger partial charge in [-0.05, 0) is 41.1 Å². The number of amides is 1. The highest BCUT2D eigenvalue weighted by Gasteiger charge is 2.16. The number of hydrogen-bond donors (Lipinski definition) is 4. The second kappa shape index (κ2) is 10.7. The molecule has 0 heterocycles. The highest BCUT2D eigenvalue weighted by atomic mass is 79.9. The lowest BCUT2D eigenvalue weighted by Gasteiger charge is -2.17. The molecule has 10 heteroatoms. The van der Waals surface area contributed by atoms with Crippen LogP contribution in [0.3, 0.4) is 0 Å². The zero-order valence-corrected chi connectivity index (χ0v) is 16.9. The van der Waals surface area contributed by atoms with E-state index in [1.807, 2.05) is 0 Å². The topological polar surface area (TPSA) is 116 Å².